The highest BCUT2D eigenvalue weighted by Crippen LogP contribution is 2.41. The molecule has 3 aromatic rings. The van der Waals surface area contributed by atoms with Crippen LogP contribution in [0.1, 0.15) is 6.42 Å². The molecule has 0 unspecified atom stereocenters. The lowest BCUT2D eigenvalue weighted by atomic mass is 10.1. The Kier molecular flexibility index (Phi) is 6.46. The van der Waals surface area contributed by atoms with E-state index in [0.717, 1.165) is 11.8 Å². The number of methoxy groups -OCH3 is 3. The van der Waals surface area contributed by atoms with Gasteiger partial charge in [-0.25, -0.2) is 0 Å². The van der Waals surface area contributed by atoms with Gasteiger partial charge >= 0.3 is 0 Å². The molecule has 1 aromatic heterocycles. The van der Waals surface area contributed by atoms with Gasteiger partial charge in [0.05, 0.1) is 33.3 Å². The zero-order chi connectivity index (χ0) is 20.1. The monoisotopic (exact) mass is 448 g/mol. The van der Waals surface area contributed by atoms with Gasteiger partial charge in [-0.15, -0.1) is 0 Å². The number of fused-ring (bicyclic) bond motifs is 1. The number of hydrogen-bond acceptors (Lipinski definition) is 6. The molecule has 1 heterocycles. The highest BCUT2D eigenvalue weighted by atomic mass is 79.9. The molecule has 28 heavy (non-hydrogen) atoms. The van der Waals surface area contributed by atoms with Crippen LogP contribution < -0.4 is 24.4 Å². The van der Waals surface area contributed by atoms with Gasteiger partial charge in [0.15, 0.2) is 16.9 Å². The van der Waals surface area contributed by atoms with Crippen LogP contribution in [0.3, 0.4) is 0 Å². The van der Waals surface area contributed by atoms with Gasteiger partial charge in [0.25, 0.3) is 0 Å². The van der Waals surface area contributed by atoms with Gasteiger partial charge in [0.2, 0.25) is 5.75 Å². The minimum absolute atomic E-state index is 0.142. The summed E-state index contributed by atoms with van der Waals surface area (Å²) in [5.74, 6) is 2.48. The van der Waals surface area contributed by atoms with Crippen LogP contribution in [0, 0.1) is 0 Å². The quantitative estimate of drug-likeness (QED) is 0.369. The summed E-state index contributed by atoms with van der Waals surface area (Å²) in [5, 5.41) is 1.35. The van der Waals surface area contributed by atoms with Crippen molar-refractivity contribution in [3.8, 4) is 34.3 Å². The molecule has 0 aliphatic heterocycles. The maximum Gasteiger partial charge on any atom is 0.203 e. The fraction of sp³-hybridized carbons (Fsp3) is 0.286. The molecule has 148 valence electrons. The second-order valence-electron chi connectivity index (χ2n) is 5.94. The lowest BCUT2D eigenvalue weighted by Crippen LogP contribution is -2.02. The van der Waals surface area contributed by atoms with Crippen molar-refractivity contribution in [3.63, 3.8) is 0 Å². The van der Waals surface area contributed by atoms with Crippen LogP contribution >= 0.6 is 15.9 Å². The highest BCUT2D eigenvalue weighted by molar-refractivity contribution is 9.09. The van der Waals surface area contributed by atoms with Crippen molar-refractivity contribution >= 4 is 26.9 Å². The molecule has 2 aromatic carbocycles. The van der Waals surface area contributed by atoms with E-state index in [9.17, 15) is 4.79 Å². The number of benzene rings is 2. The Labute approximate surface area is 171 Å². The minimum Gasteiger partial charge on any atom is -0.493 e. The number of rotatable bonds is 8. The maximum absolute atomic E-state index is 12.6. The topological polar surface area (TPSA) is 67.1 Å². The molecule has 0 saturated heterocycles. The van der Waals surface area contributed by atoms with Gasteiger partial charge in [-0.3, -0.25) is 4.79 Å². The third-order valence-electron chi connectivity index (χ3n) is 4.20. The van der Waals surface area contributed by atoms with Gasteiger partial charge < -0.3 is 23.4 Å². The summed E-state index contributed by atoms with van der Waals surface area (Å²) in [4.78, 5) is 12.6. The van der Waals surface area contributed by atoms with E-state index in [-0.39, 0.29) is 5.43 Å². The summed E-state index contributed by atoms with van der Waals surface area (Å²) >= 11 is 3.37. The predicted molar refractivity (Wildman–Crippen MR) is 111 cm³/mol. The summed E-state index contributed by atoms with van der Waals surface area (Å²) < 4.78 is 27.8. The van der Waals surface area contributed by atoms with Crippen LogP contribution in [0.25, 0.3) is 22.3 Å². The van der Waals surface area contributed by atoms with Crippen molar-refractivity contribution in [2.45, 2.75) is 6.42 Å². The van der Waals surface area contributed by atoms with Gasteiger partial charge in [-0.05, 0) is 30.7 Å². The van der Waals surface area contributed by atoms with Crippen LogP contribution in [-0.4, -0.2) is 33.3 Å². The van der Waals surface area contributed by atoms with Crippen LogP contribution in [0.15, 0.2) is 45.6 Å². The van der Waals surface area contributed by atoms with E-state index in [1.54, 1.807) is 30.3 Å². The molecular formula is C21H21BrO6. The van der Waals surface area contributed by atoms with E-state index in [1.165, 1.54) is 27.4 Å². The molecule has 0 aliphatic rings. The molecule has 7 heteroatoms. The fourth-order valence-electron chi connectivity index (χ4n) is 2.84. The van der Waals surface area contributed by atoms with E-state index in [1.807, 2.05) is 0 Å². The molecule has 0 spiro atoms. The second kappa shape index (κ2) is 9.01. The van der Waals surface area contributed by atoms with Gasteiger partial charge in [0, 0.05) is 23.0 Å². The molecule has 0 N–H and O–H groups in total. The van der Waals surface area contributed by atoms with E-state index in [0.29, 0.717) is 51.9 Å². The zero-order valence-electron chi connectivity index (χ0n) is 15.9. The molecule has 3 rings (SSSR count). The first-order chi connectivity index (χ1) is 13.6. The van der Waals surface area contributed by atoms with Gasteiger partial charge in [-0.1, -0.05) is 15.9 Å². The number of halogens is 1. The first-order valence-electron chi connectivity index (χ1n) is 8.68. The van der Waals surface area contributed by atoms with Crippen LogP contribution in [0.5, 0.6) is 23.0 Å². The molecule has 0 saturated carbocycles. The van der Waals surface area contributed by atoms with Crippen LogP contribution in [0.4, 0.5) is 0 Å². The van der Waals surface area contributed by atoms with Crippen molar-refractivity contribution in [1.82, 2.24) is 0 Å². The Hall–Kier alpha value is -2.67. The normalized spacial score (nSPS) is 10.7. The zero-order valence-corrected chi connectivity index (χ0v) is 17.5. The SMILES string of the molecule is COc1cc(-c2cc(=O)c3ccc(OCCCBr)cc3o2)cc(OC)c1OC. The standard InChI is InChI=1S/C21H21BrO6/c1-24-19-9-13(10-20(25-2)21(19)26-3)17-12-16(23)15-6-5-14(11-18(15)28-17)27-8-4-7-22/h5-6,9-12H,4,7-8H2,1-3H3. The summed E-state index contributed by atoms with van der Waals surface area (Å²) in [7, 11) is 4.61. The van der Waals surface area contributed by atoms with Crippen molar-refractivity contribution in [2.75, 3.05) is 33.3 Å². The van der Waals surface area contributed by atoms with Crippen molar-refractivity contribution in [3.05, 3.63) is 46.6 Å². The Morgan fingerprint density at radius 3 is 2.29 bits per heavy atom. The Bertz CT molecular complexity index is 1000. The summed E-state index contributed by atoms with van der Waals surface area (Å²) in [6.07, 6.45) is 0.882. The largest absolute Gasteiger partial charge is 0.493 e. The average molecular weight is 449 g/mol. The third-order valence-corrected chi connectivity index (χ3v) is 4.76. The van der Waals surface area contributed by atoms with Gasteiger partial charge in [0.1, 0.15) is 17.1 Å². The molecule has 0 radical (unpaired) electrons. The summed E-state index contributed by atoms with van der Waals surface area (Å²) in [5.41, 5.74) is 0.948. The van der Waals surface area contributed by atoms with Crippen LogP contribution in [-0.2, 0) is 0 Å². The van der Waals surface area contributed by atoms with Crippen molar-refractivity contribution < 1.29 is 23.4 Å². The molecule has 0 bridgehead atoms. The molecule has 0 amide bonds. The maximum atomic E-state index is 12.6. The predicted octanol–water partition coefficient (Wildman–Crippen LogP) is 4.65. The average Bonchev–Trinajstić information content (AvgIpc) is 2.72. The number of ether oxygens (including phenoxy) is 4. The van der Waals surface area contributed by atoms with Crippen molar-refractivity contribution in [1.29, 1.82) is 0 Å². The number of hydrogen-bond donors (Lipinski definition) is 0. The first-order valence-corrected chi connectivity index (χ1v) is 9.80. The Morgan fingerprint density at radius 2 is 1.68 bits per heavy atom. The summed E-state index contributed by atoms with van der Waals surface area (Å²) in [6.45, 7) is 0.577. The smallest absolute Gasteiger partial charge is 0.203 e. The lowest BCUT2D eigenvalue weighted by molar-refractivity contribution is 0.319. The molecule has 6 nitrogen and oxygen atoms in total. The van der Waals surface area contributed by atoms with E-state index in [2.05, 4.69) is 15.9 Å². The second-order valence-corrected chi connectivity index (χ2v) is 6.73. The fourth-order valence-corrected chi connectivity index (χ4v) is 3.06. The lowest BCUT2D eigenvalue weighted by Gasteiger charge is -2.14. The summed E-state index contributed by atoms with van der Waals surface area (Å²) in [6, 6.07) is 10.1. The van der Waals surface area contributed by atoms with Crippen molar-refractivity contribution in [2.24, 2.45) is 0 Å². The molecular weight excluding hydrogens is 428 g/mol. The van der Waals surface area contributed by atoms with Gasteiger partial charge in [-0.2, -0.15) is 0 Å². The Morgan fingerprint density at radius 1 is 0.964 bits per heavy atom. The van der Waals surface area contributed by atoms with E-state index in [4.69, 9.17) is 23.4 Å². The molecule has 0 aliphatic carbocycles. The molecule has 0 atom stereocenters. The van der Waals surface area contributed by atoms with E-state index >= 15 is 0 Å². The Balaban J connectivity index is 2.09. The van der Waals surface area contributed by atoms with Crippen LogP contribution in [0.2, 0.25) is 0 Å². The highest BCUT2D eigenvalue weighted by Gasteiger charge is 2.16. The van der Waals surface area contributed by atoms with E-state index < -0.39 is 0 Å². The molecule has 0 fully saturated rings. The minimum atomic E-state index is -0.142. The third kappa shape index (κ3) is 4.09. The first kappa shape index (κ1) is 20.1. The number of alkyl halides is 1.